The molecule has 1 aliphatic carbocycles. The third-order valence-electron chi connectivity index (χ3n) is 6.14. The number of aliphatic hydroxyl groups excluding tert-OH is 2. The van der Waals surface area contributed by atoms with Gasteiger partial charge in [-0.1, -0.05) is 48.5 Å². The third-order valence-corrected chi connectivity index (χ3v) is 6.14. The predicted molar refractivity (Wildman–Crippen MR) is 83.2 cm³/mol. The second-order valence-electron chi connectivity index (χ2n) is 9.13. The van der Waals surface area contributed by atoms with Gasteiger partial charge in [0, 0.05) is 10.8 Å². The Balaban J connectivity index is 3.51. The van der Waals surface area contributed by atoms with E-state index in [1.54, 1.807) is 0 Å². The van der Waals surface area contributed by atoms with Crippen molar-refractivity contribution in [1.82, 2.24) is 0 Å². The Hall–Kier alpha value is -0.160. The van der Waals surface area contributed by atoms with Crippen LogP contribution in [0.25, 0.3) is 0 Å². The van der Waals surface area contributed by atoms with Crippen molar-refractivity contribution < 1.29 is 20.4 Å². The topological polar surface area (TPSA) is 80.9 Å². The van der Waals surface area contributed by atoms with Crippen molar-refractivity contribution in [3.05, 3.63) is 0 Å². The van der Waals surface area contributed by atoms with Gasteiger partial charge in [-0.2, -0.15) is 0 Å². The number of hydrogen-bond acceptors (Lipinski definition) is 4. The molecular formula is C17H34O4. The quantitative estimate of drug-likeness (QED) is 0.602. The molecule has 1 fully saturated rings. The Morgan fingerprint density at radius 3 is 1.52 bits per heavy atom. The lowest BCUT2D eigenvalue weighted by Crippen LogP contribution is -2.61. The molecule has 0 amide bonds. The second-order valence-corrected chi connectivity index (χ2v) is 9.13. The van der Waals surface area contributed by atoms with E-state index in [9.17, 15) is 20.4 Å². The van der Waals surface area contributed by atoms with Crippen molar-refractivity contribution in [1.29, 1.82) is 0 Å². The molecule has 4 N–H and O–H groups in total. The fourth-order valence-corrected chi connectivity index (χ4v) is 4.88. The van der Waals surface area contributed by atoms with E-state index in [4.69, 9.17) is 0 Å². The van der Waals surface area contributed by atoms with E-state index in [1.807, 2.05) is 27.7 Å². The lowest BCUT2D eigenvalue weighted by Gasteiger charge is -2.63. The lowest BCUT2D eigenvalue weighted by atomic mass is 9.43. The molecule has 1 atom stereocenters. The summed E-state index contributed by atoms with van der Waals surface area (Å²) < 4.78 is 0. The highest BCUT2D eigenvalue weighted by Crippen LogP contribution is 2.65. The minimum Gasteiger partial charge on any atom is -0.368 e. The molecule has 1 saturated carbocycles. The Labute approximate surface area is 129 Å². The van der Waals surface area contributed by atoms with Gasteiger partial charge in [0.25, 0.3) is 0 Å². The van der Waals surface area contributed by atoms with Crippen molar-refractivity contribution >= 4 is 0 Å². The number of rotatable bonds is 4. The highest BCUT2D eigenvalue weighted by molar-refractivity contribution is 5.08. The van der Waals surface area contributed by atoms with Gasteiger partial charge in [0.15, 0.2) is 12.6 Å². The summed E-state index contributed by atoms with van der Waals surface area (Å²) in [6.45, 7) is 13.8. The van der Waals surface area contributed by atoms with Gasteiger partial charge in [0.1, 0.15) is 0 Å². The first kappa shape index (κ1) is 18.9. The van der Waals surface area contributed by atoms with Gasteiger partial charge in [0.2, 0.25) is 0 Å². The molecule has 1 aliphatic rings. The molecule has 0 aromatic rings. The first-order chi connectivity index (χ1) is 9.19. The van der Waals surface area contributed by atoms with E-state index in [1.165, 1.54) is 0 Å². The molecule has 126 valence electrons. The molecule has 1 unspecified atom stereocenters. The molecule has 0 bridgehead atoms. The molecule has 0 aromatic heterocycles. The van der Waals surface area contributed by atoms with Crippen molar-refractivity contribution in [3.63, 3.8) is 0 Å². The zero-order valence-corrected chi connectivity index (χ0v) is 14.6. The zero-order chi connectivity index (χ0) is 16.9. The standard InChI is InChI=1S/C17H34O4/c1-11-8-14(2,3)10-17(9-11,15(4,5)12(18)19)16(6,7)13(20)21/h11-13,18-21H,8-10H2,1-7H3. The largest absolute Gasteiger partial charge is 0.368 e. The molecular weight excluding hydrogens is 268 g/mol. The third kappa shape index (κ3) is 3.00. The molecule has 0 spiro atoms. The van der Waals surface area contributed by atoms with Crippen LogP contribution < -0.4 is 0 Å². The Kier molecular flexibility index (Phi) is 4.93. The van der Waals surface area contributed by atoms with E-state index >= 15 is 0 Å². The molecule has 0 heterocycles. The van der Waals surface area contributed by atoms with Gasteiger partial charge in [-0.05, 0) is 36.0 Å². The zero-order valence-electron chi connectivity index (χ0n) is 14.6. The summed E-state index contributed by atoms with van der Waals surface area (Å²) in [5, 5.41) is 40.0. The van der Waals surface area contributed by atoms with Gasteiger partial charge >= 0.3 is 0 Å². The second kappa shape index (κ2) is 5.48. The fraction of sp³-hybridized carbons (Fsp3) is 1.00. The molecule has 0 saturated heterocycles. The van der Waals surface area contributed by atoms with E-state index in [-0.39, 0.29) is 5.41 Å². The minimum absolute atomic E-state index is 0.0238. The average Bonchev–Trinajstić information content (AvgIpc) is 2.24. The minimum atomic E-state index is -1.50. The predicted octanol–water partition coefficient (Wildman–Crippen LogP) is 2.49. The van der Waals surface area contributed by atoms with Crippen molar-refractivity contribution in [2.45, 2.75) is 80.3 Å². The van der Waals surface area contributed by atoms with Crippen LogP contribution in [0.3, 0.4) is 0 Å². The van der Waals surface area contributed by atoms with Crippen molar-refractivity contribution in [3.8, 4) is 0 Å². The van der Waals surface area contributed by atoms with Crippen molar-refractivity contribution in [2.24, 2.45) is 27.6 Å². The normalized spacial score (nSPS) is 26.4. The number of aliphatic hydroxyl groups is 4. The van der Waals surface area contributed by atoms with Crippen molar-refractivity contribution in [2.75, 3.05) is 0 Å². The van der Waals surface area contributed by atoms with E-state index in [0.717, 1.165) is 19.3 Å². The summed E-state index contributed by atoms with van der Waals surface area (Å²) >= 11 is 0. The highest BCUT2D eigenvalue weighted by Gasteiger charge is 2.62. The maximum absolute atomic E-state index is 9.99. The molecule has 0 aliphatic heterocycles. The molecule has 21 heavy (non-hydrogen) atoms. The first-order valence-electron chi connectivity index (χ1n) is 7.92. The summed E-state index contributed by atoms with van der Waals surface area (Å²) in [5.74, 6) is 0.393. The van der Waals surface area contributed by atoms with Crippen LogP contribution >= 0.6 is 0 Å². The van der Waals surface area contributed by atoms with Gasteiger partial charge in [-0.15, -0.1) is 0 Å². The van der Waals surface area contributed by atoms with Gasteiger partial charge in [-0.3, -0.25) is 0 Å². The lowest BCUT2D eigenvalue weighted by molar-refractivity contribution is -0.273. The smallest absolute Gasteiger partial charge is 0.157 e. The van der Waals surface area contributed by atoms with Crippen LogP contribution in [0.2, 0.25) is 0 Å². The van der Waals surface area contributed by atoms with Crippen LogP contribution in [0.5, 0.6) is 0 Å². The summed E-state index contributed by atoms with van der Waals surface area (Å²) in [6.07, 6.45) is -0.455. The van der Waals surface area contributed by atoms with Gasteiger partial charge in [-0.25, -0.2) is 0 Å². The summed E-state index contributed by atoms with van der Waals surface area (Å²) in [4.78, 5) is 0. The summed E-state index contributed by atoms with van der Waals surface area (Å²) in [5.41, 5.74) is -2.24. The van der Waals surface area contributed by atoms with Crippen LogP contribution in [0.4, 0.5) is 0 Å². The summed E-state index contributed by atoms with van der Waals surface area (Å²) in [6, 6.07) is 0. The van der Waals surface area contributed by atoms with Crippen LogP contribution in [-0.4, -0.2) is 33.0 Å². The van der Waals surface area contributed by atoms with E-state index < -0.39 is 28.8 Å². The molecule has 1 rings (SSSR count). The SMILES string of the molecule is CC1CC(C)(C)CC(C(C)(C)C(O)O)(C(C)(C)C(O)O)C1. The van der Waals surface area contributed by atoms with Crippen LogP contribution in [0.1, 0.15) is 67.7 Å². The Morgan fingerprint density at radius 1 is 0.857 bits per heavy atom. The van der Waals surface area contributed by atoms with Gasteiger partial charge in [0.05, 0.1) is 0 Å². The summed E-state index contributed by atoms with van der Waals surface area (Å²) in [7, 11) is 0. The molecule has 0 radical (unpaired) electrons. The Bertz CT molecular complexity index is 349. The van der Waals surface area contributed by atoms with E-state index in [0.29, 0.717) is 5.92 Å². The Morgan fingerprint density at radius 2 is 1.24 bits per heavy atom. The highest BCUT2D eigenvalue weighted by atomic mass is 16.5. The molecule has 4 nitrogen and oxygen atoms in total. The average molecular weight is 302 g/mol. The maximum atomic E-state index is 9.99. The monoisotopic (exact) mass is 302 g/mol. The van der Waals surface area contributed by atoms with Crippen LogP contribution in [0, 0.1) is 27.6 Å². The van der Waals surface area contributed by atoms with E-state index in [2.05, 4.69) is 20.8 Å². The maximum Gasteiger partial charge on any atom is 0.157 e. The molecule has 0 aromatic carbocycles. The van der Waals surface area contributed by atoms with Gasteiger partial charge < -0.3 is 20.4 Å². The van der Waals surface area contributed by atoms with Crippen LogP contribution in [0.15, 0.2) is 0 Å². The first-order valence-corrected chi connectivity index (χ1v) is 7.92. The van der Waals surface area contributed by atoms with Crippen LogP contribution in [-0.2, 0) is 0 Å². The molecule has 4 heteroatoms. The fourth-order valence-electron chi connectivity index (χ4n) is 4.88. The number of hydrogen-bond donors (Lipinski definition) is 4.